The minimum absolute atomic E-state index is 0.139. The summed E-state index contributed by atoms with van der Waals surface area (Å²) in [6.45, 7) is 5.71. The predicted molar refractivity (Wildman–Crippen MR) is 130 cm³/mol. The highest BCUT2D eigenvalue weighted by molar-refractivity contribution is 6.32. The lowest BCUT2D eigenvalue weighted by atomic mass is 10.1. The molecule has 1 aliphatic rings. The van der Waals surface area contributed by atoms with E-state index in [9.17, 15) is 10.1 Å². The molecule has 1 heterocycles. The fourth-order valence-corrected chi connectivity index (χ4v) is 3.98. The number of nitriles is 1. The highest BCUT2D eigenvalue weighted by Crippen LogP contribution is 2.25. The third-order valence-electron chi connectivity index (χ3n) is 5.60. The lowest BCUT2D eigenvalue weighted by Gasteiger charge is -2.36. The van der Waals surface area contributed by atoms with Gasteiger partial charge in [0.25, 0.3) is 5.91 Å². The Morgan fingerprint density at radius 3 is 2.64 bits per heavy atom. The van der Waals surface area contributed by atoms with Crippen LogP contribution in [0.1, 0.15) is 12.5 Å². The van der Waals surface area contributed by atoms with Crippen LogP contribution >= 0.6 is 11.6 Å². The predicted octanol–water partition coefficient (Wildman–Crippen LogP) is 2.08. The molecule has 0 unspecified atom stereocenters. The molecule has 0 aliphatic carbocycles. The van der Waals surface area contributed by atoms with Crippen LogP contribution in [0.3, 0.4) is 0 Å². The number of hydrogen-bond acceptors (Lipinski definition) is 6. The Bertz CT molecular complexity index is 1090. The fourth-order valence-electron chi connectivity index (χ4n) is 3.79. The van der Waals surface area contributed by atoms with E-state index in [1.807, 2.05) is 24.3 Å². The Balaban J connectivity index is 1.73. The first-order chi connectivity index (χ1) is 16.0. The van der Waals surface area contributed by atoms with E-state index in [-0.39, 0.29) is 12.2 Å². The molecule has 0 aromatic heterocycles. The number of aliphatic hydroxyl groups is 1. The average molecular weight is 468 g/mol. The maximum absolute atomic E-state index is 12.9. The van der Waals surface area contributed by atoms with Gasteiger partial charge in [-0.3, -0.25) is 15.0 Å². The minimum atomic E-state index is -0.430. The number of carbonyl (C=O) groups excluding carboxylic acids is 1. The van der Waals surface area contributed by atoms with E-state index in [0.29, 0.717) is 28.5 Å². The van der Waals surface area contributed by atoms with Gasteiger partial charge in [-0.25, -0.2) is 0 Å². The second kappa shape index (κ2) is 11.6. The molecule has 0 atom stereocenters. The average Bonchev–Trinajstić information content (AvgIpc) is 2.82. The van der Waals surface area contributed by atoms with Gasteiger partial charge in [0.05, 0.1) is 17.9 Å². The van der Waals surface area contributed by atoms with Crippen molar-refractivity contribution in [3.63, 3.8) is 0 Å². The van der Waals surface area contributed by atoms with E-state index < -0.39 is 5.91 Å². The number of allylic oxidation sites excluding steroid dienone is 1. The molecular formula is C24H28ClN6O2+. The summed E-state index contributed by atoms with van der Waals surface area (Å²) in [6, 6.07) is 14.8. The number of rotatable bonds is 8. The third kappa shape index (κ3) is 6.18. The van der Waals surface area contributed by atoms with Gasteiger partial charge in [-0.15, -0.1) is 0 Å². The second-order valence-electron chi connectivity index (χ2n) is 7.76. The zero-order chi connectivity index (χ0) is 23.8. The number of piperazine rings is 1. The van der Waals surface area contributed by atoms with E-state index in [0.717, 1.165) is 43.8 Å². The first-order valence-corrected chi connectivity index (χ1v) is 11.1. The van der Waals surface area contributed by atoms with E-state index in [2.05, 4.69) is 21.2 Å². The maximum atomic E-state index is 12.9. The van der Waals surface area contributed by atoms with Crippen LogP contribution in [0, 0.1) is 16.7 Å². The van der Waals surface area contributed by atoms with Crippen molar-refractivity contribution < 1.29 is 15.2 Å². The first kappa shape index (κ1) is 24.4. The third-order valence-corrected chi connectivity index (χ3v) is 5.94. The highest BCUT2D eigenvalue weighted by Gasteiger charge is 2.20. The van der Waals surface area contributed by atoms with Gasteiger partial charge in [0.1, 0.15) is 22.4 Å². The summed E-state index contributed by atoms with van der Waals surface area (Å²) in [6.07, 6.45) is 1.02. The lowest BCUT2D eigenvalue weighted by Crippen LogP contribution is -2.75. The van der Waals surface area contributed by atoms with Gasteiger partial charge in [-0.1, -0.05) is 23.7 Å². The summed E-state index contributed by atoms with van der Waals surface area (Å²) < 4.78 is 0. The summed E-state index contributed by atoms with van der Waals surface area (Å²) in [4.78, 5) is 17.2. The molecule has 8 nitrogen and oxygen atoms in total. The molecule has 0 saturated carbocycles. The largest absolute Gasteiger partial charge is 0.395 e. The standard InChI is InChI=1S/C24H27ClN6O2/c1-17(28-22-5-3-2-4-21(22)25)20(16-27)24(33)29-19-6-7-23(18(14-19)15-26)31-10-8-30(9-11-31)12-13-32/h2-7,14,16,27-28,32H,8-13H2,1H3,(H,29,33)/p+1/b20-17+,27-16?. The second-order valence-corrected chi connectivity index (χ2v) is 8.16. The maximum Gasteiger partial charge on any atom is 0.262 e. The van der Waals surface area contributed by atoms with Gasteiger partial charge >= 0.3 is 0 Å². The summed E-state index contributed by atoms with van der Waals surface area (Å²) in [7, 11) is 0. The molecular weight excluding hydrogens is 440 g/mol. The van der Waals surface area contributed by atoms with E-state index in [1.165, 1.54) is 0 Å². The Morgan fingerprint density at radius 1 is 1.27 bits per heavy atom. The molecule has 1 amide bonds. The van der Waals surface area contributed by atoms with Crippen molar-refractivity contribution in [1.82, 2.24) is 4.90 Å². The normalized spacial score (nSPS) is 14.9. The molecule has 2 aromatic carbocycles. The number of aliphatic hydroxyl groups excluding tert-OH is 1. The molecule has 33 heavy (non-hydrogen) atoms. The number of β-amino-alcohol motifs (C(OH)–C–C–N with tert-alkyl or cyclic N) is 1. The summed E-state index contributed by atoms with van der Waals surface area (Å²) in [5, 5.41) is 31.6. The smallest absolute Gasteiger partial charge is 0.262 e. The SMILES string of the molecule is C/C([NH2+]c1ccccc1Cl)=C(/C=N)C(=O)Nc1ccc(N2CCN(CCO)CC2)c(C#N)c1. The monoisotopic (exact) mass is 467 g/mol. The van der Waals surface area contributed by atoms with Crippen LogP contribution in [0.15, 0.2) is 53.7 Å². The summed E-state index contributed by atoms with van der Waals surface area (Å²) >= 11 is 6.20. The molecule has 5 N–H and O–H groups in total. The Morgan fingerprint density at radius 2 is 2.00 bits per heavy atom. The molecule has 1 fully saturated rings. The number of amides is 1. The number of quaternary nitrogens is 1. The van der Waals surface area contributed by atoms with Crippen molar-refractivity contribution in [2.75, 3.05) is 49.5 Å². The number of nitrogens with zero attached hydrogens (tertiary/aromatic N) is 3. The number of nitrogens with one attached hydrogen (secondary N) is 2. The van der Waals surface area contributed by atoms with Crippen molar-refractivity contribution in [3.05, 3.63) is 64.3 Å². The Hall–Kier alpha value is -3.22. The van der Waals surface area contributed by atoms with Gasteiger partial charge in [0.15, 0.2) is 5.69 Å². The topological polar surface area (TPSA) is 120 Å². The number of para-hydroxylation sites is 1. The molecule has 1 aliphatic heterocycles. The van der Waals surface area contributed by atoms with E-state index in [4.69, 9.17) is 22.1 Å². The van der Waals surface area contributed by atoms with E-state index in [1.54, 1.807) is 30.4 Å². The van der Waals surface area contributed by atoms with Crippen molar-refractivity contribution in [1.29, 1.82) is 10.7 Å². The van der Waals surface area contributed by atoms with Crippen molar-refractivity contribution in [2.24, 2.45) is 0 Å². The van der Waals surface area contributed by atoms with Crippen LogP contribution in [0.5, 0.6) is 0 Å². The Labute approximate surface area is 198 Å². The number of carbonyl (C=O) groups is 1. The number of anilines is 2. The quantitative estimate of drug-likeness (QED) is 0.269. The zero-order valence-corrected chi connectivity index (χ0v) is 19.3. The van der Waals surface area contributed by atoms with Crippen molar-refractivity contribution in [2.45, 2.75) is 6.92 Å². The lowest BCUT2D eigenvalue weighted by molar-refractivity contribution is -0.517. The molecule has 1 saturated heterocycles. The van der Waals surface area contributed by atoms with Gasteiger partial charge < -0.3 is 20.7 Å². The van der Waals surface area contributed by atoms with Crippen LogP contribution in [0.25, 0.3) is 0 Å². The minimum Gasteiger partial charge on any atom is -0.395 e. The molecule has 0 spiro atoms. The van der Waals surface area contributed by atoms with Crippen molar-refractivity contribution in [3.8, 4) is 6.07 Å². The van der Waals surface area contributed by atoms with Crippen LogP contribution in [0.2, 0.25) is 5.02 Å². The summed E-state index contributed by atoms with van der Waals surface area (Å²) in [5.74, 6) is -0.430. The number of halogens is 1. The molecule has 3 rings (SSSR count). The van der Waals surface area contributed by atoms with Gasteiger partial charge in [-0.2, -0.15) is 5.26 Å². The van der Waals surface area contributed by atoms with Gasteiger partial charge in [-0.05, 0) is 24.3 Å². The molecule has 2 aromatic rings. The van der Waals surface area contributed by atoms with Crippen LogP contribution in [-0.4, -0.2) is 61.5 Å². The molecule has 0 bridgehead atoms. The highest BCUT2D eigenvalue weighted by atomic mass is 35.5. The van der Waals surface area contributed by atoms with Crippen LogP contribution in [-0.2, 0) is 4.79 Å². The molecule has 172 valence electrons. The molecule has 0 radical (unpaired) electrons. The van der Waals surface area contributed by atoms with Crippen LogP contribution in [0.4, 0.5) is 17.1 Å². The first-order valence-electron chi connectivity index (χ1n) is 10.7. The fraction of sp³-hybridized carbons (Fsp3) is 0.292. The van der Waals surface area contributed by atoms with Gasteiger partial charge in [0.2, 0.25) is 0 Å². The molecule has 9 heteroatoms. The zero-order valence-electron chi connectivity index (χ0n) is 18.5. The van der Waals surface area contributed by atoms with E-state index >= 15 is 0 Å². The number of nitrogens with two attached hydrogens (primary N) is 1. The number of benzene rings is 2. The van der Waals surface area contributed by atoms with Crippen molar-refractivity contribution >= 4 is 40.8 Å². The summed E-state index contributed by atoms with van der Waals surface area (Å²) in [5.41, 5.74) is 3.36. The van der Waals surface area contributed by atoms with Crippen LogP contribution < -0.4 is 15.5 Å². The van der Waals surface area contributed by atoms with Gasteiger partial charge in [0, 0.05) is 57.6 Å². The Kier molecular flexibility index (Phi) is 8.58. The number of hydrogen-bond donors (Lipinski definition) is 4.